The fraction of sp³-hybridized carbons (Fsp3) is 0.500. The zero-order valence-corrected chi connectivity index (χ0v) is 10.8. The summed E-state index contributed by atoms with van der Waals surface area (Å²) in [5, 5.41) is 30.4. The predicted molar refractivity (Wildman–Crippen MR) is 69.6 cm³/mol. The van der Waals surface area contributed by atoms with Gasteiger partial charge in [-0.1, -0.05) is 0 Å². The normalized spacial score (nSPS) is 33.9. The van der Waals surface area contributed by atoms with Crippen molar-refractivity contribution in [2.24, 2.45) is 0 Å². The first-order valence-electron chi connectivity index (χ1n) is 6.21. The number of fused-ring (bicyclic) bond motifs is 1. The molecule has 108 valence electrons. The zero-order chi connectivity index (χ0) is 14.5. The minimum atomic E-state index is -1.56. The summed E-state index contributed by atoms with van der Waals surface area (Å²) in [6, 6.07) is 1.76. The van der Waals surface area contributed by atoms with Crippen LogP contribution >= 0.6 is 0 Å². The van der Waals surface area contributed by atoms with Crippen LogP contribution < -0.4 is 5.73 Å². The van der Waals surface area contributed by atoms with Crippen molar-refractivity contribution in [2.75, 3.05) is 12.3 Å². The molecule has 4 atom stereocenters. The molecule has 0 aromatic carbocycles. The second-order valence-corrected chi connectivity index (χ2v) is 5.11. The SMILES string of the molecule is C[C@]1(O)C(n2ccc3cnc(N)nc32)O[C@H](CO)[C@H]1O. The Labute approximate surface area is 114 Å². The number of nitrogen functional groups attached to an aromatic ring is 1. The van der Waals surface area contributed by atoms with Crippen molar-refractivity contribution in [1.82, 2.24) is 14.5 Å². The average Bonchev–Trinajstić information content (AvgIpc) is 2.90. The van der Waals surface area contributed by atoms with Gasteiger partial charge in [0.05, 0.1) is 6.61 Å². The van der Waals surface area contributed by atoms with E-state index in [4.69, 9.17) is 10.5 Å². The molecule has 1 saturated heterocycles. The summed E-state index contributed by atoms with van der Waals surface area (Å²) in [5.74, 6) is 0.106. The molecule has 0 aliphatic carbocycles. The number of aliphatic hydroxyl groups is 3. The van der Waals surface area contributed by atoms with E-state index in [0.717, 1.165) is 5.39 Å². The lowest BCUT2D eigenvalue weighted by molar-refractivity contribution is -0.0948. The molecule has 3 heterocycles. The van der Waals surface area contributed by atoms with Gasteiger partial charge in [0.25, 0.3) is 0 Å². The summed E-state index contributed by atoms with van der Waals surface area (Å²) in [6.45, 7) is 1.07. The molecule has 0 spiro atoms. The van der Waals surface area contributed by atoms with E-state index in [1.165, 1.54) is 6.92 Å². The summed E-state index contributed by atoms with van der Waals surface area (Å²) >= 11 is 0. The number of nitrogens with zero attached hydrogens (tertiary/aromatic N) is 3. The van der Waals surface area contributed by atoms with Gasteiger partial charge in [-0.25, -0.2) is 4.98 Å². The fourth-order valence-corrected chi connectivity index (χ4v) is 2.53. The fourth-order valence-electron chi connectivity index (χ4n) is 2.53. The minimum absolute atomic E-state index is 0.106. The summed E-state index contributed by atoms with van der Waals surface area (Å²) in [7, 11) is 0. The standard InChI is InChI=1S/C12H16N4O4/c1-12(19)8(18)7(5-17)20-10(12)16-3-2-6-4-14-11(13)15-9(6)16/h2-4,7-8,10,17-19H,5H2,1H3,(H2,13,14,15)/t7-,8-,10?,12-/m1/s1. The van der Waals surface area contributed by atoms with Gasteiger partial charge in [0.1, 0.15) is 23.5 Å². The topological polar surface area (TPSA) is 127 Å². The van der Waals surface area contributed by atoms with Crippen LogP contribution in [0.3, 0.4) is 0 Å². The highest BCUT2D eigenvalue weighted by molar-refractivity contribution is 5.76. The lowest BCUT2D eigenvalue weighted by Crippen LogP contribution is -2.44. The number of aliphatic hydroxyl groups excluding tert-OH is 2. The Morgan fingerprint density at radius 1 is 1.55 bits per heavy atom. The van der Waals surface area contributed by atoms with Crippen LogP contribution in [0.15, 0.2) is 18.5 Å². The second-order valence-electron chi connectivity index (χ2n) is 5.11. The van der Waals surface area contributed by atoms with E-state index in [9.17, 15) is 15.3 Å². The number of nitrogens with two attached hydrogens (primary N) is 1. The Balaban J connectivity index is 2.09. The molecule has 2 aromatic heterocycles. The molecule has 3 rings (SSSR count). The summed E-state index contributed by atoms with van der Waals surface area (Å²) in [6.07, 6.45) is 0.310. The highest BCUT2D eigenvalue weighted by atomic mass is 16.6. The van der Waals surface area contributed by atoms with Gasteiger partial charge < -0.3 is 30.4 Å². The molecule has 8 heteroatoms. The van der Waals surface area contributed by atoms with Crippen molar-refractivity contribution in [3.8, 4) is 0 Å². The number of aromatic nitrogens is 3. The molecular weight excluding hydrogens is 264 g/mol. The molecule has 0 amide bonds. The van der Waals surface area contributed by atoms with Gasteiger partial charge in [-0.3, -0.25) is 0 Å². The molecule has 8 nitrogen and oxygen atoms in total. The van der Waals surface area contributed by atoms with Gasteiger partial charge in [-0.2, -0.15) is 4.98 Å². The molecule has 2 aromatic rings. The van der Waals surface area contributed by atoms with Crippen molar-refractivity contribution in [2.45, 2.75) is 31.0 Å². The Bertz CT molecular complexity index is 641. The third-order valence-electron chi connectivity index (χ3n) is 3.66. The molecule has 0 saturated carbocycles. The van der Waals surface area contributed by atoms with Gasteiger partial charge in [-0.05, 0) is 13.0 Å². The van der Waals surface area contributed by atoms with E-state index in [1.807, 2.05) is 0 Å². The second kappa shape index (κ2) is 4.38. The van der Waals surface area contributed by atoms with E-state index >= 15 is 0 Å². The molecule has 1 aliphatic rings. The maximum absolute atomic E-state index is 10.4. The largest absolute Gasteiger partial charge is 0.394 e. The van der Waals surface area contributed by atoms with Crippen LogP contribution in [0.4, 0.5) is 5.95 Å². The number of hydrogen-bond acceptors (Lipinski definition) is 7. The van der Waals surface area contributed by atoms with Crippen LogP contribution in [0.25, 0.3) is 11.0 Å². The highest BCUT2D eigenvalue weighted by Crippen LogP contribution is 2.39. The van der Waals surface area contributed by atoms with Crippen molar-refractivity contribution in [1.29, 1.82) is 0 Å². The number of hydrogen-bond donors (Lipinski definition) is 4. The smallest absolute Gasteiger partial charge is 0.221 e. The Morgan fingerprint density at radius 3 is 2.95 bits per heavy atom. The molecule has 1 aliphatic heterocycles. The van der Waals surface area contributed by atoms with Crippen LogP contribution in [-0.4, -0.2) is 54.3 Å². The Kier molecular flexibility index (Phi) is 2.91. The van der Waals surface area contributed by atoms with Gasteiger partial charge in [0, 0.05) is 17.8 Å². The van der Waals surface area contributed by atoms with Gasteiger partial charge in [-0.15, -0.1) is 0 Å². The first kappa shape index (κ1) is 13.3. The highest BCUT2D eigenvalue weighted by Gasteiger charge is 2.53. The average molecular weight is 280 g/mol. The van der Waals surface area contributed by atoms with Crippen LogP contribution in [-0.2, 0) is 4.74 Å². The van der Waals surface area contributed by atoms with Gasteiger partial charge in [0.2, 0.25) is 5.95 Å². The summed E-state index contributed by atoms with van der Waals surface area (Å²) in [4.78, 5) is 8.01. The van der Waals surface area contributed by atoms with Crippen molar-refractivity contribution in [3.05, 3.63) is 18.5 Å². The molecule has 20 heavy (non-hydrogen) atoms. The maximum atomic E-state index is 10.4. The minimum Gasteiger partial charge on any atom is -0.394 e. The monoisotopic (exact) mass is 280 g/mol. The van der Waals surface area contributed by atoms with E-state index in [2.05, 4.69) is 9.97 Å². The van der Waals surface area contributed by atoms with E-state index in [1.54, 1.807) is 23.0 Å². The van der Waals surface area contributed by atoms with Crippen LogP contribution in [0.5, 0.6) is 0 Å². The molecule has 0 radical (unpaired) electrons. The lowest BCUT2D eigenvalue weighted by atomic mass is 9.96. The Morgan fingerprint density at radius 2 is 2.30 bits per heavy atom. The Hall–Kier alpha value is -1.74. The molecule has 5 N–H and O–H groups in total. The van der Waals surface area contributed by atoms with Crippen LogP contribution in [0.2, 0.25) is 0 Å². The molecular formula is C12H16N4O4. The lowest BCUT2D eigenvalue weighted by Gasteiger charge is -2.27. The van der Waals surface area contributed by atoms with Crippen molar-refractivity contribution in [3.63, 3.8) is 0 Å². The van der Waals surface area contributed by atoms with E-state index < -0.39 is 24.0 Å². The van der Waals surface area contributed by atoms with Gasteiger partial charge >= 0.3 is 0 Å². The van der Waals surface area contributed by atoms with E-state index in [-0.39, 0.29) is 12.6 Å². The number of ether oxygens (including phenoxy) is 1. The quantitative estimate of drug-likeness (QED) is 0.556. The van der Waals surface area contributed by atoms with E-state index in [0.29, 0.717) is 5.65 Å². The first-order valence-corrected chi connectivity index (χ1v) is 6.21. The van der Waals surface area contributed by atoms with Crippen LogP contribution in [0, 0.1) is 0 Å². The first-order chi connectivity index (χ1) is 9.45. The maximum Gasteiger partial charge on any atom is 0.221 e. The summed E-state index contributed by atoms with van der Waals surface area (Å²) in [5.41, 5.74) is 4.51. The molecule has 1 unspecified atom stereocenters. The summed E-state index contributed by atoms with van der Waals surface area (Å²) < 4.78 is 7.12. The van der Waals surface area contributed by atoms with Crippen molar-refractivity contribution < 1.29 is 20.1 Å². The third-order valence-corrected chi connectivity index (χ3v) is 3.66. The number of anilines is 1. The third kappa shape index (κ3) is 1.77. The molecule has 0 bridgehead atoms. The van der Waals surface area contributed by atoms with Crippen molar-refractivity contribution >= 4 is 17.0 Å². The number of rotatable bonds is 2. The van der Waals surface area contributed by atoms with Gasteiger partial charge in [0.15, 0.2) is 6.23 Å². The zero-order valence-electron chi connectivity index (χ0n) is 10.8. The van der Waals surface area contributed by atoms with Crippen LogP contribution in [0.1, 0.15) is 13.2 Å². The predicted octanol–water partition coefficient (Wildman–Crippen LogP) is -0.985. The molecule has 1 fully saturated rings.